The Morgan fingerprint density at radius 3 is 2.94 bits per heavy atom. The van der Waals surface area contributed by atoms with Crippen LogP contribution in [-0.2, 0) is 11.2 Å². The van der Waals surface area contributed by atoms with E-state index in [9.17, 15) is 13.6 Å². The number of nitrogens with one attached hydrogen (secondary N) is 2. The molecule has 0 radical (unpaired) electrons. The molecule has 90 valence electrons. The van der Waals surface area contributed by atoms with Gasteiger partial charge in [0.15, 0.2) is 11.6 Å². The largest absolute Gasteiger partial charge is 0.356 e. The van der Waals surface area contributed by atoms with Crippen LogP contribution in [0.4, 0.5) is 8.78 Å². The second-order valence-electron chi connectivity index (χ2n) is 3.67. The molecule has 2 aromatic rings. The lowest BCUT2D eigenvalue weighted by Crippen LogP contribution is -2.22. The topological polar surface area (TPSA) is 57.8 Å². The minimum atomic E-state index is -0.954. The molecule has 0 saturated carbocycles. The van der Waals surface area contributed by atoms with Crippen LogP contribution in [0.5, 0.6) is 0 Å². The van der Waals surface area contributed by atoms with Gasteiger partial charge in [-0.25, -0.2) is 13.8 Å². The van der Waals surface area contributed by atoms with Crippen LogP contribution < -0.4 is 5.32 Å². The number of hydrogen-bond donors (Lipinski definition) is 2. The van der Waals surface area contributed by atoms with E-state index in [-0.39, 0.29) is 11.4 Å². The molecule has 1 heterocycles. The molecule has 0 fully saturated rings. The predicted molar refractivity (Wildman–Crippen MR) is 58.4 cm³/mol. The molecule has 0 saturated heterocycles. The average Bonchev–Trinajstić information content (AvgIpc) is 2.67. The number of aromatic nitrogens is 2. The number of imidazole rings is 1. The molecule has 0 atom stereocenters. The molecule has 1 aromatic heterocycles. The van der Waals surface area contributed by atoms with Gasteiger partial charge in [-0.1, -0.05) is 0 Å². The van der Waals surface area contributed by atoms with Crippen LogP contribution in [0.25, 0.3) is 11.0 Å². The SMILES string of the molecule is CC(=O)NCCc1nc2c(F)c(F)ccc2[nH]1. The molecule has 0 spiro atoms. The maximum Gasteiger partial charge on any atom is 0.216 e. The molecule has 0 aliphatic rings. The van der Waals surface area contributed by atoms with Crippen LogP contribution >= 0.6 is 0 Å². The van der Waals surface area contributed by atoms with E-state index in [4.69, 9.17) is 0 Å². The van der Waals surface area contributed by atoms with E-state index < -0.39 is 11.6 Å². The van der Waals surface area contributed by atoms with Crippen LogP contribution in [0.15, 0.2) is 12.1 Å². The highest BCUT2D eigenvalue weighted by molar-refractivity contribution is 5.76. The number of halogens is 2. The molecule has 2 N–H and O–H groups in total. The van der Waals surface area contributed by atoms with Gasteiger partial charge in [0.05, 0.1) is 5.52 Å². The number of carbonyl (C=O) groups excluding carboxylic acids is 1. The maximum absolute atomic E-state index is 13.3. The number of benzene rings is 1. The standard InChI is InChI=1S/C11H11F2N3O/c1-6(17)14-5-4-9-15-8-3-2-7(12)10(13)11(8)16-9/h2-3H,4-5H2,1H3,(H,14,17)(H,15,16). The molecule has 2 rings (SSSR count). The third kappa shape index (κ3) is 2.41. The lowest BCUT2D eigenvalue weighted by atomic mass is 10.3. The van der Waals surface area contributed by atoms with Crippen molar-refractivity contribution in [1.29, 1.82) is 0 Å². The van der Waals surface area contributed by atoms with Gasteiger partial charge in [-0.15, -0.1) is 0 Å². The minimum Gasteiger partial charge on any atom is -0.356 e. The first-order valence-corrected chi connectivity index (χ1v) is 5.15. The van der Waals surface area contributed by atoms with E-state index in [2.05, 4.69) is 15.3 Å². The Morgan fingerprint density at radius 1 is 1.47 bits per heavy atom. The van der Waals surface area contributed by atoms with Crippen LogP contribution in [0.2, 0.25) is 0 Å². The first-order chi connectivity index (χ1) is 8.08. The summed E-state index contributed by atoms with van der Waals surface area (Å²) < 4.78 is 26.3. The highest BCUT2D eigenvalue weighted by Gasteiger charge is 2.11. The molecule has 0 bridgehead atoms. The van der Waals surface area contributed by atoms with Gasteiger partial charge in [-0.05, 0) is 12.1 Å². The van der Waals surface area contributed by atoms with Crippen molar-refractivity contribution in [3.8, 4) is 0 Å². The van der Waals surface area contributed by atoms with Crippen molar-refractivity contribution in [2.45, 2.75) is 13.3 Å². The van der Waals surface area contributed by atoms with Crippen molar-refractivity contribution in [3.63, 3.8) is 0 Å². The highest BCUT2D eigenvalue weighted by atomic mass is 19.2. The fraction of sp³-hybridized carbons (Fsp3) is 0.273. The van der Waals surface area contributed by atoms with Crippen molar-refractivity contribution >= 4 is 16.9 Å². The van der Waals surface area contributed by atoms with Gasteiger partial charge in [0.1, 0.15) is 11.3 Å². The first kappa shape index (κ1) is 11.5. The smallest absolute Gasteiger partial charge is 0.216 e. The van der Waals surface area contributed by atoms with Crippen molar-refractivity contribution in [3.05, 3.63) is 29.6 Å². The molecule has 1 aromatic carbocycles. The summed E-state index contributed by atoms with van der Waals surface area (Å²) in [7, 11) is 0. The third-order valence-corrected chi connectivity index (χ3v) is 2.33. The quantitative estimate of drug-likeness (QED) is 0.853. The van der Waals surface area contributed by atoms with Crippen molar-refractivity contribution in [2.24, 2.45) is 0 Å². The summed E-state index contributed by atoms with van der Waals surface area (Å²) >= 11 is 0. The fourth-order valence-electron chi connectivity index (χ4n) is 1.54. The Hall–Kier alpha value is -1.98. The van der Waals surface area contributed by atoms with E-state index >= 15 is 0 Å². The molecule has 6 heteroatoms. The lowest BCUT2D eigenvalue weighted by Gasteiger charge is -1.97. The lowest BCUT2D eigenvalue weighted by molar-refractivity contribution is -0.118. The van der Waals surface area contributed by atoms with Crippen molar-refractivity contribution in [2.75, 3.05) is 6.54 Å². The summed E-state index contributed by atoms with van der Waals surface area (Å²) in [6.07, 6.45) is 0.440. The number of amides is 1. The molecule has 1 amide bonds. The molecule has 4 nitrogen and oxygen atoms in total. The van der Waals surface area contributed by atoms with E-state index in [1.807, 2.05) is 0 Å². The number of aromatic amines is 1. The maximum atomic E-state index is 13.3. The zero-order valence-electron chi connectivity index (χ0n) is 9.18. The number of H-pyrrole nitrogens is 1. The van der Waals surface area contributed by atoms with Crippen LogP contribution in [0.1, 0.15) is 12.7 Å². The molecule has 17 heavy (non-hydrogen) atoms. The zero-order chi connectivity index (χ0) is 12.4. The highest BCUT2D eigenvalue weighted by Crippen LogP contribution is 2.18. The van der Waals surface area contributed by atoms with Crippen LogP contribution in [0, 0.1) is 11.6 Å². The van der Waals surface area contributed by atoms with Crippen LogP contribution in [-0.4, -0.2) is 22.4 Å². The predicted octanol–water partition coefficient (Wildman–Crippen LogP) is 1.52. The average molecular weight is 239 g/mol. The Morgan fingerprint density at radius 2 is 2.24 bits per heavy atom. The van der Waals surface area contributed by atoms with E-state index in [1.165, 1.54) is 13.0 Å². The second-order valence-corrected chi connectivity index (χ2v) is 3.67. The number of carbonyl (C=O) groups is 1. The first-order valence-electron chi connectivity index (χ1n) is 5.15. The fourth-order valence-corrected chi connectivity index (χ4v) is 1.54. The van der Waals surface area contributed by atoms with E-state index in [0.29, 0.717) is 24.3 Å². The summed E-state index contributed by atoms with van der Waals surface area (Å²) in [4.78, 5) is 17.5. The van der Waals surface area contributed by atoms with Gasteiger partial charge >= 0.3 is 0 Å². The Kier molecular flexibility index (Phi) is 3.03. The number of hydrogen-bond acceptors (Lipinski definition) is 2. The molecule has 0 unspecified atom stereocenters. The molecular formula is C11H11F2N3O. The number of nitrogens with zero attached hydrogens (tertiary/aromatic N) is 1. The van der Waals surface area contributed by atoms with Gasteiger partial charge in [-0.3, -0.25) is 4.79 Å². The van der Waals surface area contributed by atoms with E-state index in [1.54, 1.807) is 0 Å². The van der Waals surface area contributed by atoms with Crippen molar-refractivity contribution < 1.29 is 13.6 Å². The van der Waals surface area contributed by atoms with Gasteiger partial charge in [0.2, 0.25) is 5.91 Å². The van der Waals surface area contributed by atoms with Gasteiger partial charge in [-0.2, -0.15) is 0 Å². The van der Waals surface area contributed by atoms with Crippen molar-refractivity contribution in [1.82, 2.24) is 15.3 Å². The zero-order valence-corrected chi connectivity index (χ0v) is 9.18. The summed E-state index contributed by atoms with van der Waals surface area (Å²) in [6.45, 7) is 1.81. The summed E-state index contributed by atoms with van der Waals surface area (Å²) in [5, 5.41) is 2.60. The Labute approximate surface area is 96.0 Å². The van der Waals surface area contributed by atoms with Crippen LogP contribution in [0.3, 0.4) is 0 Å². The third-order valence-electron chi connectivity index (χ3n) is 2.33. The van der Waals surface area contributed by atoms with E-state index in [0.717, 1.165) is 6.07 Å². The minimum absolute atomic E-state index is 0.0113. The van der Waals surface area contributed by atoms with Gasteiger partial charge in [0, 0.05) is 19.9 Å². The number of rotatable bonds is 3. The summed E-state index contributed by atoms with van der Waals surface area (Å²) in [5.41, 5.74) is 0.435. The van der Waals surface area contributed by atoms with Gasteiger partial charge in [0.25, 0.3) is 0 Å². The molecular weight excluding hydrogens is 228 g/mol. The molecule has 0 aliphatic heterocycles. The normalized spacial score (nSPS) is 10.8. The monoisotopic (exact) mass is 239 g/mol. The number of fused-ring (bicyclic) bond motifs is 1. The molecule has 0 aliphatic carbocycles. The Balaban J connectivity index is 2.20. The Bertz CT molecular complexity index is 565. The summed E-state index contributed by atoms with van der Waals surface area (Å²) in [6, 6.07) is 2.48. The van der Waals surface area contributed by atoms with Gasteiger partial charge < -0.3 is 10.3 Å². The second kappa shape index (κ2) is 4.48. The summed E-state index contributed by atoms with van der Waals surface area (Å²) in [5.74, 6) is -1.50.